The van der Waals surface area contributed by atoms with Gasteiger partial charge in [-0.3, -0.25) is 13.8 Å². The highest BCUT2D eigenvalue weighted by molar-refractivity contribution is 7.47. The van der Waals surface area contributed by atoms with Crippen molar-refractivity contribution >= 4 is 13.7 Å². The number of likely N-dealkylation sites (N-methyl/N-ethyl adjacent to an activating group) is 1. The number of allylic oxidation sites excluding steroid dienone is 5. The van der Waals surface area contributed by atoms with Gasteiger partial charge in [-0.1, -0.05) is 314 Å². The van der Waals surface area contributed by atoms with Crippen LogP contribution in [0.2, 0.25) is 0 Å². The fourth-order valence-electron chi connectivity index (χ4n) is 10.3. The number of carbonyl (C=O) groups is 1. The summed E-state index contributed by atoms with van der Waals surface area (Å²) in [6, 6.07) is -0.863. The number of phosphoric acid groups is 1. The molecule has 0 fully saturated rings. The van der Waals surface area contributed by atoms with Gasteiger partial charge in [0, 0.05) is 6.42 Å². The molecule has 9 heteroatoms. The van der Waals surface area contributed by atoms with Crippen LogP contribution in [0.4, 0.5) is 0 Å². The maximum absolute atomic E-state index is 13.0. The Morgan fingerprint density at radius 1 is 0.429 bits per heavy atom. The molecule has 3 N–H and O–H groups in total. The molecule has 0 saturated carbocycles. The number of amides is 1. The van der Waals surface area contributed by atoms with Crippen molar-refractivity contribution in [2.24, 2.45) is 0 Å². The average Bonchev–Trinajstić information content (AvgIpc) is 3.39. The van der Waals surface area contributed by atoms with E-state index in [1.807, 2.05) is 27.2 Å². The number of nitrogens with zero attached hydrogens (tertiary/aromatic N) is 1. The smallest absolute Gasteiger partial charge is 0.387 e. The molecule has 0 aliphatic heterocycles. The van der Waals surface area contributed by atoms with E-state index in [0.717, 1.165) is 38.5 Å². The van der Waals surface area contributed by atoms with Crippen molar-refractivity contribution in [2.45, 2.75) is 353 Å². The minimum atomic E-state index is -4.36. The maximum Gasteiger partial charge on any atom is 0.472 e. The van der Waals surface area contributed by atoms with Gasteiger partial charge in [-0.25, -0.2) is 4.57 Å². The summed E-state index contributed by atoms with van der Waals surface area (Å²) in [5, 5.41) is 14.0. The molecule has 0 heterocycles. The van der Waals surface area contributed by atoms with Crippen molar-refractivity contribution in [3.05, 3.63) is 36.5 Å². The summed E-state index contributed by atoms with van der Waals surface area (Å²) >= 11 is 0. The highest BCUT2D eigenvalue weighted by atomic mass is 31.2. The molecular formula is C68H134N2O6P+. The Bertz CT molecular complexity index is 1350. The lowest BCUT2D eigenvalue weighted by Gasteiger charge is -2.25. The molecule has 456 valence electrons. The van der Waals surface area contributed by atoms with Gasteiger partial charge in [0.25, 0.3) is 0 Å². The van der Waals surface area contributed by atoms with Gasteiger partial charge in [0.1, 0.15) is 13.2 Å². The third-order valence-electron chi connectivity index (χ3n) is 15.6. The first kappa shape index (κ1) is 75.7. The Morgan fingerprint density at radius 2 is 0.714 bits per heavy atom. The first-order valence-electron chi connectivity index (χ1n) is 33.9. The average molecular weight is 1110 g/mol. The third-order valence-corrected chi connectivity index (χ3v) is 16.6. The van der Waals surface area contributed by atoms with Crippen LogP contribution in [0, 0.1) is 0 Å². The molecule has 0 radical (unpaired) electrons. The molecule has 0 aliphatic rings. The molecule has 0 aromatic rings. The van der Waals surface area contributed by atoms with E-state index in [0.29, 0.717) is 17.4 Å². The standard InChI is InChI=1S/C68H133N2O6P/c1-6-8-10-12-14-16-18-20-22-24-26-28-30-31-32-33-34-35-36-37-38-40-42-44-46-48-50-52-54-56-58-60-62-68(72)69-66(65-76-77(73,74)75-64-63-70(3,4)5)67(71)61-59-57-55-53-51-49-47-45-43-41-39-29-27-25-23-21-19-17-15-13-11-9-7-2/h31-32,51,53,59,61,66-67,71H,6-30,33-50,52,54-58,60,62-65H2,1-5H3,(H-,69,72,73,74)/p+1/b32-31-,53-51+,61-59+. The molecule has 1 amide bonds. The van der Waals surface area contributed by atoms with E-state index >= 15 is 0 Å². The van der Waals surface area contributed by atoms with Crippen LogP contribution in [-0.4, -0.2) is 73.4 Å². The lowest BCUT2D eigenvalue weighted by Crippen LogP contribution is -2.45. The zero-order valence-corrected chi connectivity index (χ0v) is 53.1. The second-order valence-corrected chi connectivity index (χ2v) is 26.0. The molecule has 0 aliphatic carbocycles. The van der Waals surface area contributed by atoms with Crippen LogP contribution in [-0.2, 0) is 18.4 Å². The number of phosphoric ester groups is 1. The Hall–Kier alpha value is -1.28. The molecule has 0 aromatic carbocycles. The highest BCUT2D eigenvalue weighted by Gasteiger charge is 2.28. The Kier molecular flexibility index (Phi) is 58.4. The lowest BCUT2D eigenvalue weighted by molar-refractivity contribution is -0.870. The predicted octanol–water partition coefficient (Wildman–Crippen LogP) is 21.3. The highest BCUT2D eigenvalue weighted by Crippen LogP contribution is 2.43. The van der Waals surface area contributed by atoms with Crippen molar-refractivity contribution in [1.82, 2.24) is 5.32 Å². The minimum absolute atomic E-state index is 0.0577. The van der Waals surface area contributed by atoms with Gasteiger partial charge in [0.2, 0.25) is 5.91 Å². The number of aliphatic hydroxyl groups excluding tert-OH is 1. The second kappa shape index (κ2) is 59.3. The van der Waals surface area contributed by atoms with Gasteiger partial charge in [0.05, 0.1) is 39.9 Å². The summed E-state index contributed by atoms with van der Waals surface area (Å²) in [5.41, 5.74) is 0. The van der Waals surface area contributed by atoms with Crippen molar-refractivity contribution in [3.8, 4) is 0 Å². The fraction of sp³-hybridized carbons (Fsp3) is 0.897. The minimum Gasteiger partial charge on any atom is -0.387 e. The van der Waals surface area contributed by atoms with E-state index in [9.17, 15) is 19.4 Å². The van der Waals surface area contributed by atoms with Crippen LogP contribution in [0.25, 0.3) is 0 Å². The third kappa shape index (κ3) is 62.2. The summed E-state index contributed by atoms with van der Waals surface area (Å²) in [6.45, 7) is 4.85. The predicted molar refractivity (Wildman–Crippen MR) is 337 cm³/mol. The number of carbonyl (C=O) groups excluding carboxylic acids is 1. The quantitative estimate of drug-likeness (QED) is 0.0243. The van der Waals surface area contributed by atoms with Crippen molar-refractivity contribution in [1.29, 1.82) is 0 Å². The van der Waals surface area contributed by atoms with E-state index in [4.69, 9.17) is 9.05 Å². The van der Waals surface area contributed by atoms with Crippen molar-refractivity contribution in [3.63, 3.8) is 0 Å². The largest absolute Gasteiger partial charge is 0.472 e. The SMILES string of the molecule is CCCCCCCCCCCCCC/C=C\CCCCCCCCCCCCCCCCCCC(=O)NC(COP(=O)(O)OCC[N+](C)(C)C)C(O)/C=C/CC/C=C/CCCCCCCCCCCCCCCCCCC. The number of nitrogens with one attached hydrogen (secondary N) is 1. The molecule has 77 heavy (non-hydrogen) atoms. The van der Waals surface area contributed by atoms with E-state index in [1.165, 1.54) is 283 Å². The summed E-state index contributed by atoms with van der Waals surface area (Å²) in [4.78, 5) is 23.4. The summed E-state index contributed by atoms with van der Waals surface area (Å²) in [5.74, 6) is -0.181. The lowest BCUT2D eigenvalue weighted by atomic mass is 10.0. The van der Waals surface area contributed by atoms with E-state index in [-0.39, 0.29) is 19.1 Å². The molecule has 3 atom stereocenters. The van der Waals surface area contributed by atoms with Gasteiger partial charge >= 0.3 is 7.82 Å². The van der Waals surface area contributed by atoms with Crippen LogP contribution in [0.3, 0.4) is 0 Å². The molecule has 0 spiro atoms. The number of rotatable bonds is 63. The number of hydrogen-bond donors (Lipinski definition) is 3. The van der Waals surface area contributed by atoms with Gasteiger partial charge in [-0.05, 0) is 57.8 Å². The summed E-state index contributed by atoms with van der Waals surface area (Å²) < 4.78 is 23.8. The normalized spacial score (nSPS) is 13.9. The molecule has 0 rings (SSSR count). The Morgan fingerprint density at radius 3 is 1.04 bits per heavy atom. The zero-order valence-electron chi connectivity index (χ0n) is 52.2. The second-order valence-electron chi connectivity index (χ2n) is 24.5. The number of aliphatic hydroxyl groups is 1. The van der Waals surface area contributed by atoms with E-state index in [2.05, 4.69) is 43.5 Å². The van der Waals surface area contributed by atoms with Crippen LogP contribution < -0.4 is 5.32 Å². The summed E-state index contributed by atoms with van der Waals surface area (Å²) in [7, 11) is 1.57. The van der Waals surface area contributed by atoms with Crippen LogP contribution >= 0.6 is 7.82 Å². The van der Waals surface area contributed by atoms with Gasteiger partial charge in [-0.2, -0.15) is 0 Å². The van der Waals surface area contributed by atoms with Crippen LogP contribution in [0.1, 0.15) is 341 Å². The zero-order chi connectivity index (χ0) is 56.3. The Balaban J connectivity index is 4.08. The molecule has 0 aromatic heterocycles. The first-order valence-corrected chi connectivity index (χ1v) is 35.4. The monoisotopic (exact) mass is 1110 g/mol. The van der Waals surface area contributed by atoms with Gasteiger partial charge < -0.3 is 19.8 Å². The first-order chi connectivity index (χ1) is 37.5. The summed E-state index contributed by atoms with van der Waals surface area (Å²) in [6.07, 6.45) is 78.6. The van der Waals surface area contributed by atoms with Crippen LogP contribution in [0.5, 0.6) is 0 Å². The van der Waals surface area contributed by atoms with Gasteiger partial charge in [-0.15, -0.1) is 0 Å². The molecule has 0 saturated heterocycles. The molecule has 0 bridgehead atoms. The fourth-order valence-corrected chi connectivity index (χ4v) is 11.0. The Labute approximate surface area is 480 Å². The van der Waals surface area contributed by atoms with E-state index < -0.39 is 20.0 Å². The van der Waals surface area contributed by atoms with Gasteiger partial charge in [0.15, 0.2) is 0 Å². The number of unbranched alkanes of at least 4 members (excludes halogenated alkanes) is 46. The van der Waals surface area contributed by atoms with Crippen molar-refractivity contribution in [2.75, 3.05) is 40.9 Å². The number of quaternary nitrogens is 1. The molecule has 8 nitrogen and oxygen atoms in total. The van der Waals surface area contributed by atoms with Crippen molar-refractivity contribution < 1.29 is 32.9 Å². The topological polar surface area (TPSA) is 105 Å². The maximum atomic E-state index is 13.0. The molecular weight excluding hydrogens is 972 g/mol. The number of hydrogen-bond acceptors (Lipinski definition) is 5. The van der Waals surface area contributed by atoms with Crippen LogP contribution in [0.15, 0.2) is 36.5 Å². The molecule has 3 unspecified atom stereocenters. The van der Waals surface area contributed by atoms with E-state index in [1.54, 1.807) is 6.08 Å².